The number of benzene rings is 1. The SMILES string of the molecule is Cc1c(C(=O)N2CCCC(C)C2)oc2ccc(F)cc12. The highest BCUT2D eigenvalue weighted by Gasteiger charge is 2.26. The monoisotopic (exact) mass is 275 g/mol. The van der Waals surface area contributed by atoms with Gasteiger partial charge >= 0.3 is 0 Å². The van der Waals surface area contributed by atoms with E-state index in [2.05, 4.69) is 6.92 Å². The van der Waals surface area contributed by atoms with Gasteiger partial charge in [0, 0.05) is 24.0 Å². The molecule has 3 nitrogen and oxygen atoms in total. The minimum atomic E-state index is -0.313. The molecule has 1 fully saturated rings. The lowest BCUT2D eigenvalue weighted by atomic mass is 10.00. The molecule has 1 amide bonds. The Labute approximate surface area is 117 Å². The van der Waals surface area contributed by atoms with Crippen LogP contribution in [-0.4, -0.2) is 23.9 Å². The molecular formula is C16H18FNO2. The Kier molecular flexibility index (Phi) is 3.24. The van der Waals surface area contributed by atoms with Crippen LogP contribution in [0.25, 0.3) is 11.0 Å². The van der Waals surface area contributed by atoms with E-state index in [0.717, 1.165) is 31.5 Å². The summed E-state index contributed by atoms with van der Waals surface area (Å²) < 4.78 is 18.9. The maximum atomic E-state index is 13.3. The van der Waals surface area contributed by atoms with Crippen molar-refractivity contribution in [1.82, 2.24) is 4.90 Å². The summed E-state index contributed by atoms with van der Waals surface area (Å²) in [5.41, 5.74) is 1.29. The first-order valence-corrected chi connectivity index (χ1v) is 7.04. The predicted molar refractivity (Wildman–Crippen MR) is 75.2 cm³/mol. The highest BCUT2D eigenvalue weighted by atomic mass is 19.1. The smallest absolute Gasteiger partial charge is 0.289 e. The Balaban J connectivity index is 1.97. The van der Waals surface area contributed by atoms with Crippen LogP contribution in [0.2, 0.25) is 0 Å². The molecule has 0 spiro atoms. The molecule has 0 saturated carbocycles. The van der Waals surface area contributed by atoms with Crippen molar-refractivity contribution in [2.24, 2.45) is 5.92 Å². The summed E-state index contributed by atoms with van der Waals surface area (Å²) in [6.07, 6.45) is 2.19. The van der Waals surface area contributed by atoms with E-state index in [9.17, 15) is 9.18 Å². The molecule has 2 aromatic rings. The minimum absolute atomic E-state index is 0.0781. The summed E-state index contributed by atoms with van der Waals surface area (Å²) >= 11 is 0. The number of carbonyl (C=O) groups is 1. The first kappa shape index (κ1) is 13.2. The summed E-state index contributed by atoms with van der Waals surface area (Å²) in [5, 5.41) is 0.679. The summed E-state index contributed by atoms with van der Waals surface area (Å²) in [6, 6.07) is 4.35. The zero-order valence-corrected chi connectivity index (χ0v) is 11.8. The fourth-order valence-corrected chi connectivity index (χ4v) is 2.91. The third-order valence-electron chi connectivity index (χ3n) is 4.04. The molecule has 20 heavy (non-hydrogen) atoms. The van der Waals surface area contributed by atoms with Crippen LogP contribution >= 0.6 is 0 Å². The zero-order valence-electron chi connectivity index (χ0n) is 11.8. The second kappa shape index (κ2) is 4.93. The molecular weight excluding hydrogens is 257 g/mol. The van der Waals surface area contributed by atoms with Gasteiger partial charge in [-0.2, -0.15) is 0 Å². The average molecular weight is 275 g/mol. The zero-order chi connectivity index (χ0) is 14.3. The molecule has 106 valence electrons. The number of hydrogen-bond donors (Lipinski definition) is 0. The maximum absolute atomic E-state index is 13.3. The van der Waals surface area contributed by atoms with Crippen LogP contribution in [-0.2, 0) is 0 Å². The van der Waals surface area contributed by atoms with Crippen molar-refractivity contribution in [1.29, 1.82) is 0 Å². The molecule has 0 aliphatic carbocycles. The quantitative estimate of drug-likeness (QED) is 0.794. The topological polar surface area (TPSA) is 33.5 Å². The van der Waals surface area contributed by atoms with E-state index in [1.807, 2.05) is 11.8 Å². The van der Waals surface area contributed by atoms with Crippen molar-refractivity contribution in [3.8, 4) is 0 Å². The lowest BCUT2D eigenvalue weighted by Crippen LogP contribution is -2.39. The number of furan rings is 1. The maximum Gasteiger partial charge on any atom is 0.289 e. The number of amides is 1. The fourth-order valence-electron chi connectivity index (χ4n) is 2.91. The van der Waals surface area contributed by atoms with E-state index < -0.39 is 0 Å². The number of halogens is 1. The van der Waals surface area contributed by atoms with E-state index in [1.54, 1.807) is 6.07 Å². The van der Waals surface area contributed by atoms with Crippen LogP contribution < -0.4 is 0 Å². The first-order chi connectivity index (χ1) is 9.56. The van der Waals surface area contributed by atoms with Crippen LogP contribution in [0.3, 0.4) is 0 Å². The van der Waals surface area contributed by atoms with Crippen molar-refractivity contribution < 1.29 is 13.6 Å². The Hall–Kier alpha value is -1.84. The Morgan fingerprint density at radius 1 is 1.45 bits per heavy atom. The van der Waals surface area contributed by atoms with Crippen LogP contribution in [0.5, 0.6) is 0 Å². The van der Waals surface area contributed by atoms with Crippen molar-refractivity contribution in [2.75, 3.05) is 13.1 Å². The molecule has 2 heterocycles. The van der Waals surface area contributed by atoms with E-state index >= 15 is 0 Å². The predicted octanol–water partition coefficient (Wildman–Crippen LogP) is 3.75. The fraction of sp³-hybridized carbons (Fsp3) is 0.438. The number of rotatable bonds is 1. The van der Waals surface area contributed by atoms with Gasteiger partial charge < -0.3 is 9.32 Å². The number of hydrogen-bond acceptors (Lipinski definition) is 2. The molecule has 1 aliphatic heterocycles. The molecule has 1 atom stereocenters. The van der Waals surface area contributed by atoms with Gasteiger partial charge in [-0.15, -0.1) is 0 Å². The van der Waals surface area contributed by atoms with Gasteiger partial charge in [-0.05, 0) is 43.9 Å². The second-order valence-corrected chi connectivity index (χ2v) is 5.70. The van der Waals surface area contributed by atoms with Crippen LogP contribution in [0, 0.1) is 18.7 Å². The Morgan fingerprint density at radius 3 is 3.00 bits per heavy atom. The molecule has 0 radical (unpaired) electrons. The highest BCUT2D eigenvalue weighted by Crippen LogP contribution is 2.28. The number of aryl methyl sites for hydroxylation is 1. The Bertz CT molecular complexity index is 662. The third-order valence-corrected chi connectivity index (χ3v) is 4.04. The van der Waals surface area contributed by atoms with Gasteiger partial charge in [0.25, 0.3) is 5.91 Å². The first-order valence-electron chi connectivity index (χ1n) is 7.04. The number of carbonyl (C=O) groups excluding carboxylic acids is 1. The molecule has 4 heteroatoms. The van der Waals surface area contributed by atoms with Gasteiger partial charge in [-0.1, -0.05) is 6.92 Å². The van der Waals surface area contributed by atoms with Gasteiger partial charge in [-0.3, -0.25) is 4.79 Å². The standard InChI is InChI=1S/C16H18FNO2/c1-10-4-3-7-18(9-10)16(19)15-11(2)13-8-12(17)5-6-14(13)20-15/h5-6,8,10H,3-4,7,9H2,1-2H3. The number of fused-ring (bicyclic) bond motifs is 1. The normalized spacial score (nSPS) is 19.6. The third kappa shape index (κ3) is 2.19. The summed E-state index contributed by atoms with van der Waals surface area (Å²) in [6.45, 7) is 5.50. The number of likely N-dealkylation sites (tertiary alicyclic amines) is 1. The van der Waals surface area contributed by atoms with Crippen molar-refractivity contribution >= 4 is 16.9 Å². The number of piperidine rings is 1. The minimum Gasteiger partial charge on any atom is -0.451 e. The summed E-state index contributed by atoms with van der Waals surface area (Å²) in [7, 11) is 0. The van der Waals surface area contributed by atoms with Gasteiger partial charge in [0.05, 0.1) is 0 Å². The lowest BCUT2D eigenvalue weighted by Gasteiger charge is -2.30. The van der Waals surface area contributed by atoms with Crippen molar-refractivity contribution in [3.05, 3.63) is 35.3 Å². The van der Waals surface area contributed by atoms with E-state index in [0.29, 0.717) is 22.6 Å². The van der Waals surface area contributed by atoms with Gasteiger partial charge in [-0.25, -0.2) is 4.39 Å². The molecule has 1 unspecified atom stereocenters. The van der Waals surface area contributed by atoms with Crippen molar-refractivity contribution in [3.63, 3.8) is 0 Å². The lowest BCUT2D eigenvalue weighted by molar-refractivity contribution is 0.0652. The molecule has 1 aromatic carbocycles. The van der Waals surface area contributed by atoms with Gasteiger partial charge in [0.15, 0.2) is 5.76 Å². The van der Waals surface area contributed by atoms with Crippen LogP contribution in [0.1, 0.15) is 35.9 Å². The average Bonchev–Trinajstić information content (AvgIpc) is 2.75. The van der Waals surface area contributed by atoms with Gasteiger partial charge in [0.1, 0.15) is 11.4 Å². The van der Waals surface area contributed by atoms with E-state index in [-0.39, 0.29) is 11.7 Å². The highest BCUT2D eigenvalue weighted by molar-refractivity contribution is 5.99. The van der Waals surface area contributed by atoms with E-state index in [1.165, 1.54) is 12.1 Å². The molecule has 0 N–H and O–H groups in total. The molecule has 1 saturated heterocycles. The summed E-state index contributed by atoms with van der Waals surface area (Å²) in [5.74, 6) is 0.479. The Morgan fingerprint density at radius 2 is 2.25 bits per heavy atom. The molecule has 3 rings (SSSR count). The largest absolute Gasteiger partial charge is 0.451 e. The second-order valence-electron chi connectivity index (χ2n) is 5.70. The van der Waals surface area contributed by atoms with Crippen LogP contribution in [0.15, 0.2) is 22.6 Å². The molecule has 0 bridgehead atoms. The van der Waals surface area contributed by atoms with Crippen LogP contribution in [0.4, 0.5) is 4.39 Å². The molecule has 1 aromatic heterocycles. The summed E-state index contributed by atoms with van der Waals surface area (Å²) in [4.78, 5) is 14.4. The van der Waals surface area contributed by atoms with Gasteiger partial charge in [0.2, 0.25) is 0 Å². The van der Waals surface area contributed by atoms with Crippen molar-refractivity contribution in [2.45, 2.75) is 26.7 Å². The molecule has 1 aliphatic rings. The number of nitrogens with zero attached hydrogens (tertiary/aromatic N) is 1. The van der Waals surface area contributed by atoms with E-state index in [4.69, 9.17) is 4.42 Å².